The molecule has 4 rings (SSSR count). The number of β-amino-alcohol motifs (C(OH)–C–C–N with tert-alkyl or cyclic N) is 1. The Hall–Kier alpha value is -3.08. The number of hydrogen-bond donors (Lipinski definition) is 2. The lowest BCUT2D eigenvalue weighted by Crippen LogP contribution is -2.52. The summed E-state index contributed by atoms with van der Waals surface area (Å²) in [5, 5.41) is 21.4. The monoisotopic (exact) mass is 505 g/mol. The van der Waals surface area contributed by atoms with Gasteiger partial charge in [0.1, 0.15) is 12.4 Å². The number of benzene rings is 3. The van der Waals surface area contributed by atoms with Crippen molar-refractivity contribution in [2.75, 3.05) is 37.7 Å². The lowest BCUT2D eigenvalue weighted by Gasteiger charge is -2.45. The van der Waals surface area contributed by atoms with Gasteiger partial charge in [0, 0.05) is 32.2 Å². The highest BCUT2D eigenvalue weighted by Crippen LogP contribution is 2.38. The Kier molecular flexibility index (Phi) is 8.17. The van der Waals surface area contributed by atoms with Crippen LogP contribution in [0.15, 0.2) is 72.8 Å². The van der Waals surface area contributed by atoms with E-state index in [9.17, 15) is 10.2 Å². The van der Waals surface area contributed by atoms with Crippen LogP contribution in [0.1, 0.15) is 31.0 Å². The fraction of sp³-hybridized carbons (Fsp3) is 0.345. The Morgan fingerprint density at radius 1 is 1.11 bits per heavy atom. The third kappa shape index (κ3) is 6.18. The molecular weight excluding hydrogens is 474 g/mol. The lowest BCUT2D eigenvalue weighted by atomic mass is 9.93. The first-order valence-electron chi connectivity index (χ1n) is 12.1. The maximum absolute atomic E-state index is 11.3. The van der Waals surface area contributed by atoms with Gasteiger partial charge in [0.2, 0.25) is 0 Å². The Morgan fingerprint density at radius 3 is 2.47 bits per heavy atom. The number of ether oxygens (including phenoxy) is 1. The van der Waals surface area contributed by atoms with E-state index in [0.29, 0.717) is 23.0 Å². The van der Waals surface area contributed by atoms with E-state index in [4.69, 9.17) is 22.9 Å². The highest BCUT2D eigenvalue weighted by atomic mass is 35.5. The van der Waals surface area contributed by atoms with E-state index < -0.39 is 11.7 Å². The second kappa shape index (κ2) is 11.3. The van der Waals surface area contributed by atoms with Crippen LogP contribution in [0, 0.1) is 6.57 Å². The summed E-state index contributed by atoms with van der Waals surface area (Å²) in [7, 11) is 0. The van der Waals surface area contributed by atoms with Crippen molar-refractivity contribution in [3.63, 3.8) is 0 Å². The summed E-state index contributed by atoms with van der Waals surface area (Å²) in [5.74, 6) is 0.625. The quantitative estimate of drug-likeness (QED) is 0.400. The third-order valence-electron chi connectivity index (χ3n) is 6.52. The average Bonchev–Trinajstić information content (AvgIpc) is 2.88. The molecular formula is C29H32ClN3O3. The van der Waals surface area contributed by atoms with Crippen molar-refractivity contribution < 1.29 is 14.9 Å². The summed E-state index contributed by atoms with van der Waals surface area (Å²) in [6.45, 7) is 13.6. The van der Waals surface area contributed by atoms with Crippen molar-refractivity contribution in [1.82, 2.24) is 4.90 Å². The molecule has 7 heteroatoms. The molecule has 0 aromatic heterocycles. The third-order valence-corrected chi connectivity index (χ3v) is 6.82. The molecule has 0 saturated carbocycles. The molecule has 1 aliphatic rings. The number of rotatable bonds is 8. The standard InChI is InChI=1S/C29H32ClN3O3/c1-21(34)19-36-25-13-14-27(26(30)17-25)33-16-15-32(18-28(33)22-7-5-4-6-8-22)20-29(2,35)23-9-11-24(31-3)12-10-23/h4-14,17,21,28,34-35H,15-16,18-20H2,1-2H3/t21-,28+,29-/m1/s1. The van der Waals surface area contributed by atoms with E-state index in [1.54, 1.807) is 25.1 Å². The van der Waals surface area contributed by atoms with Crippen LogP contribution in [0.5, 0.6) is 5.75 Å². The van der Waals surface area contributed by atoms with Crippen LogP contribution in [-0.2, 0) is 5.60 Å². The van der Waals surface area contributed by atoms with Crippen LogP contribution < -0.4 is 9.64 Å². The summed E-state index contributed by atoms with van der Waals surface area (Å²) in [5.41, 5.74) is 2.41. The topological polar surface area (TPSA) is 60.5 Å². The van der Waals surface area contributed by atoms with E-state index in [1.165, 1.54) is 5.56 Å². The number of aliphatic hydroxyl groups is 2. The Balaban J connectivity index is 1.55. The van der Waals surface area contributed by atoms with Crippen molar-refractivity contribution in [3.05, 3.63) is 100 Å². The number of aliphatic hydroxyl groups excluding tert-OH is 1. The Bertz CT molecular complexity index is 1190. The summed E-state index contributed by atoms with van der Waals surface area (Å²) >= 11 is 6.72. The van der Waals surface area contributed by atoms with Crippen LogP contribution in [0.25, 0.3) is 4.85 Å². The average molecular weight is 506 g/mol. The van der Waals surface area contributed by atoms with Gasteiger partial charge in [-0.3, -0.25) is 4.90 Å². The number of halogens is 1. The molecule has 2 N–H and O–H groups in total. The molecule has 1 fully saturated rings. The molecule has 0 bridgehead atoms. The fourth-order valence-corrected chi connectivity index (χ4v) is 4.96. The van der Waals surface area contributed by atoms with E-state index in [0.717, 1.165) is 30.9 Å². The number of anilines is 1. The normalized spacial score (nSPS) is 18.8. The van der Waals surface area contributed by atoms with Gasteiger partial charge in [-0.15, -0.1) is 0 Å². The predicted octanol–water partition coefficient (Wildman–Crippen LogP) is 5.42. The second-order valence-corrected chi connectivity index (χ2v) is 9.97. The zero-order chi connectivity index (χ0) is 25.7. The molecule has 0 amide bonds. The van der Waals surface area contributed by atoms with Gasteiger partial charge >= 0.3 is 0 Å². The smallest absolute Gasteiger partial charge is 0.187 e. The Morgan fingerprint density at radius 2 is 1.83 bits per heavy atom. The lowest BCUT2D eigenvalue weighted by molar-refractivity contribution is 0.0103. The van der Waals surface area contributed by atoms with Gasteiger partial charge in [0.25, 0.3) is 0 Å². The first kappa shape index (κ1) is 26.0. The van der Waals surface area contributed by atoms with Gasteiger partial charge in [0.15, 0.2) is 5.69 Å². The van der Waals surface area contributed by atoms with Crippen molar-refractivity contribution in [2.45, 2.75) is 31.6 Å². The fourth-order valence-electron chi connectivity index (χ4n) is 4.68. The molecule has 3 atom stereocenters. The summed E-state index contributed by atoms with van der Waals surface area (Å²) in [6.07, 6.45) is -0.554. The van der Waals surface area contributed by atoms with Crippen LogP contribution in [0.2, 0.25) is 5.02 Å². The second-order valence-electron chi connectivity index (χ2n) is 9.56. The first-order valence-corrected chi connectivity index (χ1v) is 12.5. The van der Waals surface area contributed by atoms with Gasteiger partial charge in [-0.25, -0.2) is 4.85 Å². The van der Waals surface area contributed by atoms with Gasteiger partial charge < -0.3 is 19.8 Å². The summed E-state index contributed by atoms with van der Waals surface area (Å²) < 4.78 is 5.63. The molecule has 0 radical (unpaired) electrons. The molecule has 36 heavy (non-hydrogen) atoms. The molecule has 1 aliphatic heterocycles. The van der Waals surface area contributed by atoms with Crippen LogP contribution >= 0.6 is 11.6 Å². The van der Waals surface area contributed by atoms with Crippen LogP contribution in [-0.4, -0.2) is 54.0 Å². The highest BCUT2D eigenvalue weighted by Gasteiger charge is 2.34. The maximum atomic E-state index is 11.3. The van der Waals surface area contributed by atoms with Gasteiger partial charge in [-0.05, 0) is 37.1 Å². The van der Waals surface area contributed by atoms with Crippen molar-refractivity contribution in [2.24, 2.45) is 0 Å². The zero-order valence-corrected chi connectivity index (χ0v) is 21.4. The minimum absolute atomic E-state index is 0.0435. The molecule has 3 aromatic rings. The number of nitrogens with zero attached hydrogens (tertiary/aromatic N) is 3. The molecule has 0 spiro atoms. The minimum atomic E-state index is -1.05. The van der Waals surface area contributed by atoms with Crippen molar-refractivity contribution in [1.29, 1.82) is 0 Å². The molecule has 0 aliphatic carbocycles. The predicted molar refractivity (Wildman–Crippen MR) is 144 cm³/mol. The number of hydrogen-bond acceptors (Lipinski definition) is 5. The molecule has 1 heterocycles. The highest BCUT2D eigenvalue weighted by molar-refractivity contribution is 6.33. The van der Waals surface area contributed by atoms with Gasteiger partial charge in [-0.2, -0.15) is 0 Å². The SMILES string of the molecule is [C-]#[N+]c1ccc([C@](C)(O)CN2CCN(c3ccc(OC[C@@H](C)O)cc3Cl)[C@H](c3ccccc3)C2)cc1. The largest absolute Gasteiger partial charge is 0.491 e. The maximum Gasteiger partial charge on any atom is 0.187 e. The number of piperazine rings is 1. The van der Waals surface area contributed by atoms with Gasteiger partial charge in [0.05, 0.1) is 35.0 Å². The molecule has 188 valence electrons. The van der Waals surface area contributed by atoms with Crippen LogP contribution in [0.4, 0.5) is 11.4 Å². The van der Waals surface area contributed by atoms with E-state index in [2.05, 4.69) is 26.8 Å². The Labute approximate surface area is 218 Å². The van der Waals surface area contributed by atoms with E-state index >= 15 is 0 Å². The van der Waals surface area contributed by atoms with E-state index in [-0.39, 0.29) is 12.6 Å². The van der Waals surface area contributed by atoms with Crippen molar-refractivity contribution in [3.8, 4) is 5.75 Å². The molecule has 0 unspecified atom stereocenters. The molecule has 1 saturated heterocycles. The minimum Gasteiger partial charge on any atom is -0.491 e. The zero-order valence-electron chi connectivity index (χ0n) is 20.6. The van der Waals surface area contributed by atoms with Gasteiger partial charge in [-0.1, -0.05) is 66.2 Å². The summed E-state index contributed by atoms with van der Waals surface area (Å²) in [4.78, 5) is 8.04. The molecule has 3 aromatic carbocycles. The molecule has 6 nitrogen and oxygen atoms in total. The van der Waals surface area contributed by atoms with E-state index in [1.807, 2.05) is 49.4 Å². The first-order chi connectivity index (χ1) is 17.3. The van der Waals surface area contributed by atoms with Crippen molar-refractivity contribution >= 4 is 23.0 Å². The summed E-state index contributed by atoms with van der Waals surface area (Å²) in [6, 6.07) is 23.2. The van der Waals surface area contributed by atoms with Crippen LogP contribution in [0.3, 0.4) is 0 Å².